The lowest BCUT2D eigenvalue weighted by Crippen LogP contribution is -2.23. The zero-order valence-corrected chi connectivity index (χ0v) is 16.7. The number of thiazole rings is 1. The first kappa shape index (κ1) is 19.6. The highest BCUT2D eigenvalue weighted by molar-refractivity contribution is 7.15. The van der Waals surface area contributed by atoms with E-state index in [1.54, 1.807) is 7.11 Å². The number of nitrogens with zero attached hydrogens (tertiary/aromatic N) is 1. The second kappa shape index (κ2) is 8.67. The van der Waals surface area contributed by atoms with Gasteiger partial charge in [0, 0.05) is 29.6 Å². The van der Waals surface area contributed by atoms with Gasteiger partial charge in [0.1, 0.15) is 16.5 Å². The molecule has 0 atom stereocenters. The highest BCUT2D eigenvalue weighted by Gasteiger charge is 2.16. The minimum absolute atomic E-state index is 0.133. The lowest BCUT2D eigenvalue weighted by Gasteiger charge is -2.05. The number of hydrogen-bond acceptors (Lipinski definition) is 5. The Balaban J connectivity index is 1.72. The Hall–Kier alpha value is -3.19. The van der Waals surface area contributed by atoms with E-state index in [0.717, 1.165) is 26.8 Å². The second-order valence-electron chi connectivity index (χ2n) is 6.22. The largest absolute Gasteiger partial charge is 0.497 e. The summed E-state index contributed by atoms with van der Waals surface area (Å²) in [6.07, 6.45) is 0. The summed E-state index contributed by atoms with van der Waals surface area (Å²) in [5.41, 5.74) is 2.95. The highest BCUT2D eigenvalue weighted by Crippen LogP contribution is 2.29. The number of aromatic nitrogens is 1. The van der Waals surface area contributed by atoms with Gasteiger partial charge in [-0.2, -0.15) is 0 Å². The van der Waals surface area contributed by atoms with Crippen LogP contribution in [0, 0.1) is 6.92 Å². The van der Waals surface area contributed by atoms with Crippen LogP contribution in [0.4, 0.5) is 5.69 Å². The van der Waals surface area contributed by atoms with Crippen LogP contribution in [0.5, 0.6) is 5.75 Å². The van der Waals surface area contributed by atoms with Crippen molar-refractivity contribution in [3.05, 3.63) is 64.7 Å². The Morgan fingerprint density at radius 1 is 1.14 bits per heavy atom. The quantitative estimate of drug-likeness (QED) is 0.661. The van der Waals surface area contributed by atoms with Gasteiger partial charge in [-0.3, -0.25) is 9.59 Å². The van der Waals surface area contributed by atoms with Crippen molar-refractivity contribution in [2.45, 2.75) is 20.4 Å². The standard InChI is InChI=1S/C21H21N3O3S/c1-13-19(20(26)22-12-15-7-9-18(27-3)10-8-15)24-21(28-13)16-5-4-6-17(11-16)23-14(2)25/h4-11H,12H2,1-3H3,(H,22,26)(H,23,25). The first-order valence-electron chi connectivity index (χ1n) is 8.73. The molecule has 1 heterocycles. The molecule has 28 heavy (non-hydrogen) atoms. The third kappa shape index (κ3) is 4.75. The van der Waals surface area contributed by atoms with Crippen molar-refractivity contribution < 1.29 is 14.3 Å². The number of rotatable bonds is 6. The van der Waals surface area contributed by atoms with Gasteiger partial charge in [0.15, 0.2) is 0 Å². The zero-order chi connectivity index (χ0) is 20.1. The van der Waals surface area contributed by atoms with E-state index < -0.39 is 0 Å². The lowest BCUT2D eigenvalue weighted by molar-refractivity contribution is -0.114. The zero-order valence-electron chi connectivity index (χ0n) is 15.9. The lowest BCUT2D eigenvalue weighted by atomic mass is 10.2. The van der Waals surface area contributed by atoms with Crippen LogP contribution in [0.1, 0.15) is 27.9 Å². The van der Waals surface area contributed by atoms with E-state index in [2.05, 4.69) is 15.6 Å². The van der Waals surface area contributed by atoms with Crippen LogP contribution < -0.4 is 15.4 Å². The Labute approximate surface area is 167 Å². The molecule has 2 aromatic carbocycles. The molecule has 6 nitrogen and oxygen atoms in total. The molecule has 0 aliphatic carbocycles. The fourth-order valence-corrected chi connectivity index (χ4v) is 3.58. The van der Waals surface area contributed by atoms with Gasteiger partial charge in [-0.15, -0.1) is 11.3 Å². The van der Waals surface area contributed by atoms with Crippen LogP contribution in [0.25, 0.3) is 10.6 Å². The summed E-state index contributed by atoms with van der Waals surface area (Å²) in [6.45, 7) is 3.75. The number of amides is 2. The number of carbonyl (C=O) groups excluding carboxylic acids is 2. The predicted molar refractivity (Wildman–Crippen MR) is 111 cm³/mol. The number of ether oxygens (including phenoxy) is 1. The number of anilines is 1. The summed E-state index contributed by atoms with van der Waals surface area (Å²) < 4.78 is 5.14. The third-order valence-electron chi connectivity index (χ3n) is 4.05. The van der Waals surface area contributed by atoms with Crippen molar-refractivity contribution >= 4 is 28.8 Å². The minimum atomic E-state index is -0.214. The molecule has 3 rings (SSSR count). The van der Waals surface area contributed by atoms with Crippen LogP contribution in [0.2, 0.25) is 0 Å². The average molecular weight is 395 g/mol. The molecular weight excluding hydrogens is 374 g/mol. The van der Waals surface area contributed by atoms with Crippen molar-refractivity contribution in [2.75, 3.05) is 12.4 Å². The Morgan fingerprint density at radius 2 is 1.89 bits per heavy atom. The summed E-state index contributed by atoms with van der Waals surface area (Å²) in [4.78, 5) is 29.2. The SMILES string of the molecule is COc1ccc(CNC(=O)c2nc(-c3cccc(NC(C)=O)c3)sc2C)cc1. The monoisotopic (exact) mass is 395 g/mol. The fourth-order valence-electron chi connectivity index (χ4n) is 2.67. The fraction of sp³-hybridized carbons (Fsp3) is 0.190. The molecule has 7 heteroatoms. The van der Waals surface area contributed by atoms with Crippen molar-refractivity contribution in [3.8, 4) is 16.3 Å². The molecule has 0 spiro atoms. The summed E-state index contributed by atoms with van der Waals surface area (Å²) in [7, 11) is 1.62. The maximum atomic E-state index is 12.6. The molecule has 3 aromatic rings. The average Bonchev–Trinajstić information content (AvgIpc) is 3.08. The van der Waals surface area contributed by atoms with E-state index in [1.165, 1.54) is 18.3 Å². The summed E-state index contributed by atoms with van der Waals surface area (Å²) in [5.74, 6) is 0.427. The van der Waals surface area contributed by atoms with E-state index in [4.69, 9.17) is 4.74 Å². The van der Waals surface area contributed by atoms with Gasteiger partial charge in [-0.05, 0) is 36.8 Å². The molecule has 2 amide bonds. The van der Waals surface area contributed by atoms with E-state index in [9.17, 15) is 9.59 Å². The molecule has 1 aromatic heterocycles. The van der Waals surface area contributed by atoms with E-state index in [1.807, 2.05) is 55.5 Å². The maximum Gasteiger partial charge on any atom is 0.271 e. The van der Waals surface area contributed by atoms with Gasteiger partial charge in [-0.25, -0.2) is 4.98 Å². The van der Waals surface area contributed by atoms with Crippen LogP contribution in [0.3, 0.4) is 0 Å². The molecule has 0 unspecified atom stereocenters. The normalized spacial score (nSPS) is 10.4. The molecule has 0 fully saturated rings. The molecule has 2 N–H and O–H groups in total. The third-order valence-corrected chi connectivity index (χ3v) is 5.07. The summed E-state index contributed by atoms with van der Waals surface area (Å²) in [5, 5.41) is 6.39. The van der Waals surface area contributed by atoms with Crippen LogP contribution in [-0.4, -0.2) is 23.9 Å². The number of benzene rings is 2. The van der Waals surface area contributed by atoms with Gasteiger partial charge in [-0.1, -0.05) is 24.3 Å². The number of aryl methyl sites for hydroxylation is 1. The topological polar surface area (TPSA) is 80.3 Å². The molecule has 0 radical (unpaired) electrons. The van der Waals surface area contributed by atoms with Gasteiger partial charge < -0.3 is 15.4 Å². The Bertz CT molecular complexity index is 996. The molecule has 0 saturated heterocycles. The smallest absolute Gasteiger partial charge is 0.271 e. The van der Waals surface area contributed by atoms with Gasteiger partial charge in [0.2, 0.25) is 5.91 Å². The molecule has 144 valence electrons. The van der Waals surface area contributed by atoms with Crippen LogP contribution in [0.15, 0.2) is 48.5 Å². The number of nitrogens with one attached hydrogen (secondary N) is 2. The molecule has 0 saturated carbocycles. The Morgan fingerprint density at radius 3 is 2.57 bits per heavy atom. The van der Waals surface area contributed by atoms with Crippen LogP contribution in [-0.2, 0) is 11.3 Å². The number of hydrogen-bond donors (Lipinski definition) is 2. The first-order valence-corrected chi connectivity index (χ1v) is 9.54. The van der Waals surface area contributed by atoms with Gasteiger partial charge in [0.05, 0.1) is 7.11 Å². The van der Waals surface area contributed by atoms with Crippen molar-refractivity contribution in [1.29, 1.82) is 0 Å². The summed E-state index contributed by atoms with van der Waals surface area (Å²) >= 11 is 1.45. The summed E-state index contributed by atoms with van der Waals surface area (Å²) in [6, 6.07) is 14.9. The maximum absolute atomic E-state index is 12.6. The van der Waals surface area contributed by atoms with E-state index >= 15 is 0 Å². The van der Waals surface area contributed by atoms with Crippen molar-refractivity contribution in [3.63, 3.8) is 0 Å². The number of methoxy groups -OCH3 is 1. The van der Waals surface area contributed by atoms with E-state index in [-0.39, 0.29) is 11.8 Å². The van der Waals surface area contributed by atoms with Crippen molar-refractivity contribution in [2.24, 2.45) is 0 Å². The minimum Gasteiger partial charge on any atom is -0.497 e. The van der Waals surface area contributed by atoms with Crippen molar-refractivity contribution in [1.82, 2.24) is 10.3 Å². The second-order valence-corrected chi connectivity index (χ2v) is 7.42. The molecule has 0 aliphatic heterocycles. The molecule has 0 bridgehead atoms. The number of carbonyl (C=O) groups is 2. The highest BCUT2D eigenvalue weighted by atomic mass is 32.1. The first-order chi connectivity index (χ1) is 13.5. The van der Waals surface area contributed by atoms with E-state index in [0.29, 0.717) is 17.9 Å². The predicted octanol–water partition coefficient (Wildman–Crippen LogP) is 4.02. The molecule has 0 aliphatic rings. The molecular formula is C21H21N3O3S. The van der Waals surface area contributed by atoms with Gasteiger partial charge in [0.25, 0.3) is 5.91 Å². The Kier molecular flexibility index (Phi) is 6.06. The van der Waals surface area contributed by atoms with Crippen LogP contribution >= 0.6 is 11.3 Å². The van der Waals surface area contributed by atoms with Gasteiger partial charge >= 0.3 is 0 Å².